The lowest BCUT2D eigenvalue weighted by Gasteiger charge is -2.34. The van der Waals surface area contributed by atoms with Crippen LogP contribution in [-0.4, -0.2) is 33.0 Å². The molecule has 0 radical (unpaired) electrons. The molecule has 0 spiro atoms. The van der Waals surface area contributed by atoms with Gasteiger partial charge in [0.2, 0.25) is 0 Å². The van der Waals surface area contributed by atoms with Gasteiger partial charge in [-0.15, -0.1) is 0 Å². The van der Waals surface area contributed by atoms with Crippen LogP contribution in [0.1, 0.15) is 23.1 Å². The Morgan fingerprint density at radius 3 is 2.64 bits per heavy atom. The molecule has 2 heterocycles. The number of halogens is 2. The van der Waals surface area contributed by atoms with Gasteiger partial charge in [0, 0.05) is 29.9 Å². The summed E-state index contributed by atoms with van der Waals surface area (Å²) in [6, 6.07) is 14.1. The van der Waals surface area contributed by atoms with Crippen LogP contribution >= 0.6 is 23.2 Å². The molecule has 1 fully saturated rings. The number of aryl methyl sites for hydroxylation is 1. The fourth-order valence-corrected chi connectivity index (χ4v) is 4.21. The standard InChI is InChI=1S/C21H22Cl2N4O/c1-15-9-16(3-8-20(15)23)10-19-11-21(26(2)28-19,12-27-14-24-13-25-27)17-4-6-18(22)7-5-17/h3-9,13-14,19H,10-12H2,1-2H3. The van der Waals surface area contributed by atoms with E-state index in [1.807, 2.05) is 41.9 Å². The van der Waals surface area contributed by atoms with E-state index in [2.05, 4.69) is 34.3 Å². The van der Waals surface area contributed by atoms with Crippen molar-refractivity contribution in [2.24, 2.45) is 0 Å². The highest BCUT2D eigenvalue weighted by Crippen LogP contribution is 2.42. The topological polar surface area (TPSA) is 43.2 Å². The maximum Gasteiger partial charge on any atom is 0.137 e. The maximum absolute atomic E-state index is 6.29. The fraction of sp³-hybridized carbons (Fsp3) is 0.333. The van der Waals surface area contributed by atoms with Gasteiger partial charge in [0.1, 0.15) is 12.7 Å². The molecule has 4 rings (SSSR count). The monoisotopic (exact) mass is 416 g/mol. The van der Waals surface area contributed by atoms with Gasteiger partial charge in [-0.2, -0.15) is 10.2 Å². The third kappa shape index (κ3) is 3.80. The van der Waals surface area contributed by atoms with E-state index in [4.69, 9.17) is 28.0 Å². The predicted molar refractivity (Wildman–Crippen MR) is 110 cm³/mol. The lowest BCUT2D eigenvalue weighted by atomic mass is 9.84. The first kappa shape index (κ1) is 19.4. The Morgan fingerprint density at radius 2 is 1.96 bits per heavy atom. The zero-order valence-corrected chi connectivity index (χ0v) is 17.4. The van der Waals surface area contributed by atoms with Crippen LogP contribution in [0, 0.1) is 6.92 Å². The summed E-state index contributed by atoms with van der Waals surface area (Å²) in [5.41, 5.74) is 3.08. The highest BCUT2D eigenvalue weighted by atomic mass is 35.5. The largest absolute Gasteiger partial charge is 0.295 e. The highest BCUT2D eigenvalue weighted by Gasteiger charge is 2.47. The zero-order chi connectivity index (χ0) is 19.7. The van der Waals surface area contributed by atoms with Gasteiger partial charge in [-0.1, -0.05) is 47.5 Å². The Bertz CT molecular complexity index is 946. The van der Waals surface area contributed by atoms with Crippen LogP contribution in [0.2, 0.25) is 10.0 Å². The summed E-state index contributed by atoms with van der Waals surface area (Å²) in [4.78, 5) is 10.4. The van der Waals surface area contributed by atoms with E-state index >= 15 is 0 Å². The van der Waals surface area contributed by atoms with Gasteiger partial charge < -0.3 is 0 Å². The molecule has 2 unspecified atom stereocenters. The predicted octanol–water partition coefficient (Wildman–Crippen LogP) is 4.67. The molecular weight excluding hydrogens is 395 g/mol. The summed E-state index contributed by atoms with van der Waals surface area (Å²) in [5, 5.41) is 7.78. The highest BCUT2D eigenvalue weighted by molar-refractivity contribution is 6.31. The molecular formula is C21H22Cl2N4O. The van der Waals surface area contributed by atoms with Crippen LogP contribution in [0.5, 0.6) is 0 Å². The number of aromatic nitrogens is 3. The smallest absolute Gasteiger partial charge is 0.137 e. The Kier molecular flexibility index (Phi) is 5.43. The number of hydrogen-bond donors (Lipinski definition) is 0. The third-order valence-electron chi connectivity index (χ3n) is 5.43. The van der Waals surface area contributed by atoms with Crippen molar-refractivity contribution < 1.29 is 4.84 Å². The summed E-state index contributed by atoms with van der Waals surface area (Å²) in [6.07, 6.45) is 4.98. The summed E-state index contributed by atoms with van der Waals surface area (Å²) < 4.78 is 1.85. The van der Waals surface area contributed by atoms with Crippen LogP contribution in [-0.2, 0) is 23.3 Å². The normalized spacial score (nSPS) is 22.6. The molecule has 1 aliphatic rings. The summed E-state index contributed by atoms with van der Waals surface area (Å²) >= 11 is 12.3. The first-order valence-corrected chi connectivity index (χ1v) is 9.96. The van der Waals surface area contributed by atoms with Crippen molar-refractivity contribution >= 4 is 23.2 Å². The molecule has 3 aromatic rings. The second-order valence-corrected chi connectivity index (χ2v) is 8.19. The van der Waals surface area contributed by atoms with Gasteiger partial charge >= 0.3 is 0 Å². The first-order chi connectivity index (χ1) is 13.5. The fourth-order valence-electron chi connectivity index (χ4n) is 3.97. The average molecular weight is 417 g/mol. The molecule has 146 valence electrons. The van der Waals surface area contributed by atoms with E-state index in [9.17, 15) is 0 Å². The van der Waals surface area contributed by atoms with Gasteiger partial charge in [0.15, 0.2) is 0 Å². The molecule has 28 heavy (non-hydrogen) atoms. The average Bonchev–Trinajstić information content (AvgIpc) is 3.28. The Balaban J connectivity index is 1.63. The van der Waals surface area contributed by atoms with Crippen molar-refractivity contribution in [3.63, 3.8) is 0 Å². The second-order valence-electron chi connectivity index (χ2n) is 7.35. The lowest BCUT2D eigenvalue weighted by Crippen LogP contribution is -2.41. The molecule has 0 amide bonds. The molecule has 0 saturated carbocycles. The van der Waals surface area contributed by atoms with E-state index < -0.39 is 0 Å². The van der Waals surface area contributed by atoms with E-state index in [0.29, 0.717) is 6.54 Å². The minimum Gasteiger partial charge on any atom is -0.295 e. The Labute approximate surface area is 174 Å². The van der Waals surface area contributed by atoms with Crippen LogP contribution in [0.15, 0.2) is 55.1 Å². The van der Waals surface area contributed by atoms with Crippen LogP contribution in [0.3, 0.4) is 0 Å². The SMILES string of the molecule is Cc1cc(CC2CC(Cn3cncn3)(c3ccc(Cl)cc3)N(C)O2)ccc1Cl. The molecule has 5 nitrogen and oxygen atoms in total. The minimum absolute atomic E-state index is 0.0461. The number of benzene rings is 2. The summed E-state index contributed by atoms with van der Waals surface area (Å²) in [7, 11) is 1.98. The van der Waals surface area contributed by atoms with Crippen LogP contribution in [0.25, 0.3) is 0 Å². The van der Waals surface area contributed by atoms with Crippen molar-refractivity contribution in [2.45, 2.75) is 38.0 Å². The van der Waals surface area contributed by atoms with Crippen molar-refractivity contribution in [1.29, 1.82) is 0 Å². The van der Waals surface area contributed by atoms with E-state index in [1.54, 1.807) is 12.7 Å². The zero-order valence-electron chi connectivity index (χ0n) is 15.8. The van der Waals surface area contributed by atoms with E-state index in [-0.39, 0.29) is 11.6 Å². The molecule has 1 aliphatic heterocycles. The third-order valence-corrected chi connectivity index (χ3v) is 6.11. The minimum atomic E-state index is -0.357. The van der Waals surface area contributed by atoms with Gasteiger partial charge in [0.25, 0.3) is 0 Å². The Morgan fingerprint density at radius 1 is 1.18 bits per heavy atom. The van der Waals surface area contributed by atoms with Crippen molar-refractivity contribution in [1.82, 2.24) is 19.8 Å². The molecule has 0 N–H and O–H groups in total. The van der Waals surface area contributed by atoms with E-state index in [0.717, 1.165) is 34.0 Å². The quantitative estimate of drug-likeness (QED) is 0.605. The first-order valence-electron chi connectivity index (χ1n) is 9.20. The number of hydrogen-bond acceptors (Lipinski definition) is 4. The number of rotatable bonds is 5. The molecule has 7 heteroatoms. The second kappa shape index (κ2) is 7.84. The van der Waals surface area contributed by atoms with Gasteiger partial charge in [-0.05, 0) is 41.8 Å². The van der Waals surface area contributed by atoms with Gasteiger partial charge in [0.05, 0.1) is 18.2 Å². The molecule has 2 atom stereocenters. The van der Waals surface area contributed by atoms with Crippen molar-refractivity contribution in [3.8, 4) is 0 Å². The summed E-state index contributed by atoms with van der Waals surface area (Å²) in [5.74, 6) is 0. The Hall–Kier alpha value is -1.92. The van der Waals surface area contributed by atoms with Gasteiger partial charge in [-0.3, -0.25) is 9.52 Å². The van der Waals surface area contributed by atoms with E-state index in [1.165, 1.54) is 5.56 Å². The van der Waals surface area contributed by atoms with Crippen molar-refractivity contribution in [3.05, 3.63) is 81.9 Å². The molecule has 0 aliphatic carbocycles. The van der Waals surface area contributed by atoms with Crippen LogP contribution < -0.4 is 0 Å². The van der Waals surface area contributed by atoms with Crippen LogP contribution in [0.4, 0.5) is 0 Å². The van der Waals surface area contributed by atoms with Crippen molar-refractivity contribution in [2.75, 3.05) is 7.05 Å². The molecule has 2 aromatic carbocycles. The summed E-state index contributed by atoms with van der Waals surface area (Å²) in [6.45, 7) is 2.66. The maximum atomic E-state index is 6.29. The number of likely N-dealkylation sites (N-methyl/N-ethyl adjacent to an activating group) is 1. The molecule has 0 bridgehead atoms. The molecule has 1 saturated heterocycles. The lowest BCUT2D eigenvalue weighted by molar-refractivity contribution is -0.174. The van der Waals surface area contributed by atoms with Gasteiger partial charge in [-0.25, -0.2) is 4.98 Å². The molecule has 1 aromatic heterocycles. The number of nitrogens with zero attached hydrogens (tertiary/aromatic N) is 4. The number of hydroxylamine groups is 2.